The quantitative estimate of drug-likeness (QED) is 0.449. The molecule has 0 aliphatic heterocycles. The molecule has 0 amide bonds. The van der Waals surface area contributed by atoms with Gasteiger partial charge in [-0.25, -0.2) is 4.98 Å². The van der Waals surface area contributed by atoms with Crippen LogP contribution < -0.4 is 0 Å². The summed E-state index contributed by atoms with van der Waals surface area (Å²) in [4.78, 5) is 8.62. The molecule has 0 N–H and O–H groups in total. The van der Waals surface area contributed by atoms with Crippen LogP contribution in [0.2, 0.25) is 0 Å². The Morgan fingerprint density at radius 2 is 1.46 bits per heavy atom. The summed E-state index contributed by atoms with van der Waals surface area (Å²) >= 11 is 0. The number of pyridine rings is 1. The molecule has 2 heterocycles. The van der Waals surface area contributed by atoms with Gasteiger partial charge >= 0.3 is 0 Å². The van der Waals surface area contributed by atoms with Crippen molar-refractivity contribution >= 4 is 0 Å². The average molecular weight is 328 g/mol. The van der Waals surface area contributed by atoms with Gasteiger partial charge in [0.15, 0.2) is 0 Å². The smallest absolute Gasteiger partial charge is 0.108 e. The van der Waals surface area contributed by atoms with Crippen LogP contribution in [0.1, 0.15) is 76.1 Å². The molecule has 24 heavy (non-hydrogen) atoms. The van der Waals surface area contributed by atoms with Crippen LogP contribution in [0.15, 0.2) is 36.9 Å². The molecular formula is C21H33N3. The fourth-order valence-corrected chi connectivity index (χ4v) is 3.16. The van der Waals surface area contributed by atoms with Crippen LogP contribution in [-0.2, 0) is 19.4 Å². The van der Waals surface area contributed by atoms with Gasteiger partial charge in [-0.15, -0.1) is 0 Å². The fourth-order valence-electron chi connectivity index (χ4n) is 3.16. The van der Waals surface area contributed by atoms with Gasteiger partial charge < -0.3 is 4.57 Å². The van der Waals surface area contributed by atoms with Crippen LogP contribution in [0.3, 0.4) is 0 Å². The highest BCUT2D eigenvalue weighted by Crippen LogP contribution is 2.12. The lowest BCUT2D eigenvalue weighted by Crippen LogP contribution is -2.05. The molecule has 0 unspecified atom stereocenters. The number of imidazole rings is 1. The third-order valence-corrected chi connectivity index (χ3v) is 4.70. The molecule has 0 saturated heterocycles. The molecule has 0 spiro atoms. The molecule has 0 fully saturated rings. The molecule has 2 aromatic heterocycles. The van der Waals surface area contributed by atoms with Crippen molar-refractivity contribution in [3.8, 4) is 0 Å². The minimum absolute atomic E-state index is 1.01. The van der Waals surface area contributed by atoms with Crippen molar-refractivity contribution in [3.63, 3.8) is 0 Å². The molecule has 3 nitrogen and oxygen atoms in total. The van der Waals surface area contributed by atoms with Crippen molar-refractivity contribution in [2.24, 2.45) is 0 Å². The van der Waals surface area contributed by atoms with E-state index in [-0.39, 0.29) is 0 Å². The summed E-state index contributed by atoms with van der Waals surface area (Å²) in [5.41, 5.74) is 1.34. The van der Waals surface area contributed by atoms with Crippen molar-refractivity contribution in [2.75, 3.05) is 0 Å². The SMILES string of the molecule is CCCCCCCCCCCc1nccn1CCc1ccncc1. The highest BCUT2D eigenvalue weighted by Gasteiger charge is 2.03. The van der Waals surface area contributed by atoms with Crippen molar-refractivity contribution in [1.82, 2.24) is 14.5 Å². The normalized spacial score (nSPS) is 11.0. The van der Waals surface area contributed by atoms with Gasteiger partial charge in [0, 0.05) is 37.8 Å². The Kier molecular flexibility index (Phi) is 9.21. The van der Waals surface area contributed by atoms with Gasteiger partial charge in [0.2, 0.25) is 0 Å². The van der Waals surface area contributed by atoms with E-state index in [4.69, 9.17) is 0 Å². The molecule has 0 radical (unpaired) electrons. The van der Waals surface area contributed by atoms with Gasteiger partial charge in [-0.2, -0.15) is 0 Å². The van der Waals surface area contributed by atoms with E-state index in [0.717, 1.165) is 19.4 Å². The summed E-state index contributed by atoms with van der Waals surface area (Å²) in [6, 6.07) is 4.19. The van der Waals surface area contributed by atoms with Gasteiger partial charge in [-0.1, -0.05) is 58.3 Å². The summed E-state index contributed by atoms with van der Waals surface area (Å²) in [5, 5.41) is 0. The van der Waals surface area contributed by atoms with E-state index in [1.807, 2.05) is 18.6 Å². The molecule has 2 aromatic rings. The number of rotatable bonds is 13. The molecule has 0 bridgehead atoms. The van der Waals surface area contributed by atoms with Gasteiger partial charge in [-0.05, 0) is 30.5 Å². The maximum atomic E-state index is 4.55. The summed E-state index contributed by atoms with van der Waals surface area (Å²) in [7, 11) is 0. The molecule has 3 heteroatoms. The Morgan fingerprint density at radius 3 is 2.17 bits per heavy atom. The van der Waals surface area contributed by atoms with Crippen LogP contribution in [0, 0.1) is 0 Å². The van der Waals surface area contributed by atoms with Crippen molar-refractivity contribution in [2.45, 2.75) is 84.1 Å². The predicted octanol–water partition coefficient (Wildman–Crippen LogP) is 5.59. The fraction of sp³-hybridized carbons (Fsp3) is 0.619. The Hall–Kier alpha value is -1.64. The number of hydrogen-bond acceptors (Lipinski definition) is 2. The summed E-state index contributed by atoms with van der Waals surface area (Å²) in [6.07, 6.45) is 22.3. The zero-order chi connectivity index (χ0) is 16.9. The molecule has 0 aliphatic carbocycles. The zero-order valence-electron chi connectivity index (χ0n) is 15.3. The third-order valence-electron chi connectivity index (χ3n) is 4.70. The molecule has 0 saturated carbocycles. The largest absolute Gasteiger partial charge is 0.335 e. The van der Waals surface area contributed by atoms with Crippen LogP contribution in [-0.4, -0.2) is 14.5 Å². The minimum atomic E-state index is 1.01. The van der Waals surface area contributed by atoms with Crippen molar-refractivity contribution in [1.29, 1.82) is 0 Å². The first-order valence-electron chi connectivity index (χ1n) is 9.79. The Bertz CT molecular complexity index is 533. The second kappa shape index (κ2) is 11.8. The number of aromatic nitrogens is 3. The number of aryl methyl sites for hydroxylation is 3. The van der Waals surface area contributed by atoms with Gasteiger partial charge in [-0.3, -0.25) is 4.98 Å². The van der Waals surface area contributed by atoms with E-state index < -0.39 is 0 Å². The number of hydrogen-bond donors (Lipinski definition) is 0. The van der Waals surface area contributed by atoms with Crippen LogP contribution in [0.5, 0.6) is 0 Å². The first-order chi connectivity index (χ1) is 11.9. The Morgan fingerprint density at radius 1 is 0.792 bits per heavy atom. The maximum absolute atomic E-state index is 4.55. The first-order valence-corrected chi connectivity index (χ1v) is 9.79. The van der Waals surface area contributed by atoms with Crippen LogP contribution in [0.4, 0.5) is 0 Å². The molecular weight excluding hydrogens is 294 g/mol. The summed E-state index contributed by atoms with van der Waals surface area (Å²) in [5.74, 6) is 1.24. The van der Waals surface area contributed by atoms with Gasteiger partial charge in [0.05, 0.1) is 0 Å². The van der Waals surface area contributed by atoms with Crippen molar-refractivity contribution < 1.29 is 0 Å². The van der Waals surface area contributed by atoms with E-state index in [2.05, 4.69) is 39.8 Å². The van der Waals surface area contributed by atoms with E-state index in [0.29, 0.717) is 0 Å². The maximum Gasteiger partial charge on any atom is 0.108 e. The Labute approximate surface area is 147 Å². The van der Waals surface area contributed by atoms with E-state index in [1.54, 1.807) is 0 Å². The standard InChI is InChI=1S/C21H33N3/c1-2-3-4-5-6-7-8-9-10-11-21-23-17-19-24(21)18-14-20-12-15-22-16-13-20/h12-13,15-17,19H,2-11,14,18H2,1H3. The summed E-state index contributed by atoms with van der Waals surface area (Å²) in [6.45, 7) is 3.29. The van der Waals surface area contributed by atoms with E-state index in [9.17, 15) is 0 Å². The van der Waals surface area contributed by atoms with E-state index >= 15 is 0 Å². The lowest BCUT2D eigenvalue weighted by Gasteiger charge is -2.08. The number of unbranched alkanes of at least 4 members (excludes halogenated alkanes) is 8. The highest BCUT2D eigenvalue weighted by molar-refractivity contribution is 5.09. The lowest BCUT2D eigenvalue weighted by atomic mass is 10.1. The second-order valence-corrected chi connectivity index (χ2v) is 6.72. The average Bonchev–Trinajstić information content (AvgIpc) is 3.07. The third kappa shape index (κ3) is 7.29. The minimum Gasteiger partial charge on any atom is -0.335 e. The monoisotopic (exact) mass is 327 g/mol. The summed E-state index contributed by atoms with van der Waals surface area (Å²) < 4.78 is 2.31. The topological polar surface area (TPSA) is 30.7 Å². The Balaban J connectivity index is 1.58. The predicted molar refractivity (Wildman–Crippen MR) is 101 cm³/mol. The number of nitrogens with zero attached hydrogens (tertiary/aromatic N) is 3. The molecule has 2 rings (SSSR count). The lowest BCUT2D eigenvalue weighted by molar-refractivity contribution is 0.555. The van der Waals surface area contributed by atoms with Gasteiger partial charge in [0.25, 0.3) is 0 Å². The molecule has 0 aromatic carbocycles. The van der Waals surface area contributed by atoms with Gasteiger partial charge in [0.1, 0.15) is 5.82 Å². The highest BCUT2D eigenvalue weighted by atomic mass is 15.1. The molecule has 132 valence electrons. The first kappa shape index (κ1) is 18.7. The zero-order valence-corrected chi connectivity index (χ0v) is 15.3. The second-order valence-electron chi connectivity index (χ2n) is 6.72. The van der Waals surface area contributed by atoms with Crippen LogP contribution >= 0.6 is 0 Å². The van der Waals surface area contributed by atoms with E-state index in [1.165, 1.54) is 69.2 Å². The van der Waals surface area contributed by atoms with Crippen molar-refractivity contribution in [3.05, 3.63) is 48.3 Å². The van der Waals surface area contributed by atoms with Crippen LogP contribution in [0.25, 0.3) is 0 Å². The molecule has 0 aliphatic rings. The molecule has 0 atom stereocenters.